The Labute approximate surface area is 106 Å². The van der Waals surface area contributed by atoms with E-state index in [-0.39, 0.29) is 16.9 Å². The molecule has 1 heterocycles. The van der Waals surface area contributed by atoms with Crippen LogP contribution in [0, 0.1) is 0 Å². The lowest BCUT2D eigenvalue weighted by Crippen LogP contribution is -2.43. The lowest BCUT2D eigenvalue weighted by Gasteiger charge is -2.26. The molecule has 1 unspecified atom stereocenters. The van der Waals surface area contributed by atoms with Crippen molar-refractivity contribution >= 4 is 11.8 Å². The van der Waals surface area contributed by atoms with Gasteiger partial charge in [0.05, 0.1) is 0 Å². The third-order valence-electron chi connectivity index (χ3n) is 2.82. The smallest absolute Gasteiger partial charge is 0.326 e. The first kappa shape index (κ1) is 14.2. The first-order chi connectivity index (χ1) is 8.16. The molecule has 0 saturated carbocycles. The Kier molecular flexibility index (Phi) is 3.79. The van der Waals surface area contributed by atoms with Crippen molar-refractivity contribution in [3.63, 3.8) is 0 Å². The highest BCUT2D eigenvalue weighted by atomic mass is 16.4. The fraction of sp³-hybridized carbons (Fsp3) is 0.583. The van der Waals surface area contributed by atoms with Gasteiger partial charge in [-0.3, -0.25) is 4.79 Å². The molecule has 1 N–H and O–H groups in total. The maximum Gasteiger partial charge on any atom is 0.326 e. The quantitative estimate of drug-likeness (QED) is 0.866. The summed E-state index contributed by atoms with van der Waals surface area (Å²) < 4.78 is 1.54. The third-order valence-corrected chi connectivity index (χ3v) is 2.82. The van der Waals surface area contributed by atoms with E-state index in [4.69, 9.17) is 5.11 Å². The second-order valence-electron chi connectivity index (χ2n) is 5.22. The molecule has 6 heteroatoms. The van der Waals surface area contributed by atoms with Crippen LogP contribution >= 0.6 is 0 Å². The van der Waals surface area contributed by atoms with Gasteiger partial charge in [-0.05, 0) is 27.7 Å². The molecule has 0 aliphatic rings. The van der Waals surface area contributed by atoms with Crippen molar-refractivity contribution in [3.8, 4) is 0 Å². The van der Waals surface area contributed by atoms with Crippen LogP contribution in [-0.4, -0.2) is 33.7 Å². The van der Waals surface area contributed by atoms with Crippen molar-refractivity contribution in [1.82, 2.24) is 9.55 Å². The highest BCUT2D eigenvalue weighted by Gasteiger charge is 2.23. The number of hydrogen-bond donors (Lipinski definition) is 1. The number of aromatic nitrogens is 2. The molecule has 1 rings (SSSR count). The van der Waals surface area contributed by atoms with E-state index in [2.05, 4.69) is 4.98 Å². The molecule has 100 valence electrons. The van der Waals surface area contributed by atoms with Gasteiger partial charge in [0.1, 0.15) is 6.04 Å². The van der Waals surface area contributed by atoms with Crippen molar-refractivity contribution < 1.29 is 9.90 Å². The average molecular weight is 253 g/mol. The molecule has 0 aromatic carbocycles. The molecule has 0 fully saturated rings. The van der Waals surface area contributed by atoms with Gasteiger partial charge in [-0.1, -0.05) is 0 Å². The van der Waals surface area contributed by atoms with Crippen molar-refractivity contribution in [3.05, 3.63) is 22.7 Å². The van der Waals surface area contributed by atoms with Crippen LogP contribution in [0.4, 0.5) is 5.82 Å². The standard InChI is InChI=1S/C12H19N3O3/c1-8(11(17)18)14(5)9-10(16)15(7-6-13-9)12(2,3)4/h6-8H,1-5H3,(H,17,18). The van der Waals surface area contributed by atoms with E-state index in [1.165, 1.54) is 18.0 Å². The normalized spacial score (nSPS) is 13.2. The zero-order valence-electron chi connectivity index (χ0n) is 11.3. The summed E-state index contributed by atoms with van der Waals surface area (Å²) in [6, 6.07) is -0.805. The van der Waals surface area contributed by atoms with Crippen molar-refractivity contribution in [2.45, 2.75) is 39.3 Å². The van der Waals surface area contributed by atoms with Crippen LogP contribution in [0.3, 0.4) is 0 Å². The molecular formula is C12H19N3O3. The van der Waals surface area contributed by atoms with E-state index in [1.807, 2.05) is 20.8 Å². The Morgan fingerprint density at radius 1 is 1.50 bits per heavy atom. The molecule has 1 aromatic rings. The molecule has 6 nitrogen and oxygen atoms in total. The summed E-state index contributed by atoms with van der Waals surface area (Å²) in [6.45, 7) is 7.22. The number of carbonyl (C=O) groups is 1. The van der Waals surface area contributed by atoms with Gasteiger partial charge in [-0.15, -0.1) is 0 Å². The number of hydrogen-bond acceptors (Lipinski definition) is 4. The maximum absolute atomic E-state index is 12.2. The predicted octanol–water partition coefficient (Wildman–Crippen LogP) is 0.908. The molecule has 1 atom stereocenters. The molecule has 0 aliphatic carbocycles. The summed E-state index contributed by atoms with van der Waals surface area (Å²) in [6.07, 6.45) is 3.11. The number of carboxylic acids is 1. The summed E-state index contributed by atoms with van der Waals surface area (Å²) in [5.74, 6) is -0.854. The minimum Gasteiger partial charge on any atom is -0.480 e. The van der Waals surface area contributed by atoms with Gasteiger partial charge >= 0.3 is 5.97 Å². The first-order valence-electron chi connectivity index (χ1n) is 5.70. The Hall–Kier alpha value is -1.85. The van der Waals surface area contributed by atoms with E-state index in [0.717, 1.165) is 0 Å². The second-order valence-corrected chi connectivity index (χ2v) is 5.22. The number of nitrogens with zero attached hydrogens (tertiary/aromatic N) is 3. The molecule has 1 aromatic heterocycles. The number of aliphatic carboxylic acids is 1. The van der Waals surface area contributed by atoms with Crippen LogP contribution in [0.15, 0.2) is 17.2 Å². The van der Waals surface area contributed by atoms with E-state index < -0.39 is 12.0 Å². The molecule has 0 saturated heterocycles. The molecule has 0 radical (unpaired) electrons. The van der Waals surface area contributed by atoms with Crippen molar-refractivity contribution in [2.24, 2.45) is 0 Å². The fourth-order valence-electron chi connectivity index (χ4n) is 1.52. The first-order valence-corrected chi connectivity index (χ1v) is 5.70. The topological polar surface area (TPSA) is 75.4 Å². The molecule has 0 amide bonds. The molecule has 18 heavy (non-hydrogen) atoms. The number of anilines is 1. The number of rotatable bonds is 3. The molecule has 0 spiro atoms. The zero-order valence-corrected chi connectivity index (χ0v) is 11.3. The second kappa shape index (κ2) is 4.80. The van der Waals surface area contributed by atoms with Gasteiger partial charge in [0, 0.05) is 25.0 Å². The van der Waals surface area contributed by atoms with E-state index in [0.29, 0.717) is 0 Å². The van der Waals surface area contributed by atoms with Gasteiger partial charge in [-0.2, -0.15) is 0 Å². The Morgan fingerprint density at radius 2 is 2.06 bits per heavy atom. The van der Waals surface area contributed by atoms with Crippen LogP contribution in [0.25, 0.3) is 0 Å². The molecule has 0 aliphatic heterocycles. The minimum absolute atomic E-state index is 0.141. The van der Waals surface area contributed by atoms with E-state index in [1.54, 1.807) is 17.8 Å². The average Bonchev–Trinajstić information content (AvgIpc) is 2.25. The highest BCUT2D eigenvalue weighted by Crippen LogP contribution is 2.13. The van der Waals surface area contributed by atoms with Gasteiger partial charge in [0.25, 0.3) is 5.56 Å². The minimum atomic E-state index is -0.995. The Balaban J connectivity index is 3.28. The van der Waals surface area contributed by atoms with Crippen LogP contribution in [0.1, 0.15) is 27.7 Å². The van der Waals surface area contributed by atoms with E-state index in [9.17, 15) is 9.59 Å². The summed E-state index contributed by atoms with van der Waals surface area (Å²) in [5, 5.41) is 8.96. The van der Waals surface area contributed by atoms with Crippen molar-refractivity contribution in [1.29, 1.82) is 0 Å². The maximum atomic E-state index is 12.2. The Bertz CT molecular complexity index is 502. The molecule has 0 bridgehead atoms. The molecular weight excluding hydrogens is 234 g/mol. The lowest BCUT2D eigenvalue weighted by molar-refractivity contribution is -0.138. The summed E-state index contributed by atoms with van der Waals surface area (Å²) in [5.41, 5.74) is -0.664. The number of likely N-dealkylation sites (N-methyl/N-ethyl adjacent to an activating group) is 1. The van der Waals surface area contributed by atoms with Gasteiger partial charge < -0.3 is 14.6 Å². The van der Waals surface area contributed by atoms with Crippen LogP contribution in [0.2, 0.25) is 0 Å². The van der Waals surface area contributed by atoms with Crippen LogP contribution in [-0.2, 0) is 10.3 Å². The highest BCUT2D eigenvalue weighted by molar-refractivity contribution is 5.76. The summed E-state index contributed by atoms with van der Waals surface area (Å²) >= 11 is 0. The number of carboxylic acid groups (broad SMARTS) is 1. The zero-order chi connectivity index (χ0) is 14.1. The van der Waals surface area contributed by atoms with Gasteiger partial charge in [0.2, 0.25) is 0 Å². The fourth-order valence-corrected chi connectivity index (χ4v) is 1.52. The Morgan fingerprint density at radius 3 is 2.50 bits per heavy atom. The predicted molar refractivity (Wildman–Crippen MR) is 69.0 cm³/mol. The summed E-state index contributed by atoms with van der Waals surface area (Å²) in [4.78, 5) is 28.5. The SMILES string of the molecule is CC(C(=O)O)N(C)c1nccn(C(C)(C)C)c1=O. The van der Waals surface area contributed by atoms with Gasteiger partial charge in [0.15, 0.2) is 5.82 Å². The van der Waals surface area contributed by atoms with Gasteiger partial charge in [-0.25, -0.2) is 9.78 Å². The summed E-state index contributed by atoms with van der Waals surface area (Å²) in [7, 11) is 1.55. The van der Waals surface area contributed by atoms with Crippen LogP contribution < -0.4 is 10.5 Å². The van der Waals surface area contributed by atoms with E-state index >= 15 is 0 Å². The monoisotopic (exact) mass is 253 g/mol. The largest absolute Gasteiger partial charge is 0.480 e. The lowest BCUT2D eigenvalue weighted by atomic mass is 10.1. The van der Waals surface area contributed by atoms with Crippen molar-refractivity contribution in [2.75, 3.05) is 11.9 Å². The van der Waals surface area contributed by atoms with Crippen LogP contribution in [0.5, 0.6) is 0 Å². The third kappa shape index (κ3) is 2.69.